The highest BCUT2D eigenvalue weighted by atomic mass is 32.2. The maximum absolute atomic E-state index is 13.4. The molecular weight excluding hydrogens is 350 g/mol. The molecule has 0 radical (unpaired) electrons. The van der Waals surface area contributed by atoms with Crippen LogP contribution in [0.2, 0.25) is 0 Å². The average Bonchev–Trinajstić information content (AvgIpc) is 2.99. The number of hydrogen-bond acceptors (Lipinski definition) is 9. The molecule has 2 saturated carbocycles. The first-order valence-electron chi connectivity index (χ1n) is 6.34. The number of halogens is 2. The molecule has 0 aromatic carbocycles. The van der Waals surface area contributed by atoms with Crippen LogP contribution in [0, 0.1) is 17.8 Å². The number of alkyl halides is 2. The molecule has 6 unspecified atom stereocenters. The topological polar surface area (TPSA) is 111 Å². The largest absolute Gasteiger partial charge is 0.691 e. The Morgan fingerprint density at radius 2 is 2.09 bits per heavy atom. The van der Waals surface area contributed by atoms with Gasteiger partial charge in [0.15, 0.2) is 0 Å². The SMILES string of the molecule is CC1C2CC3C(OS(=O)(=O)C13)C2OC(=O)C(F)(F)SOO[O-]. The van der Waals surface area contributed by atoms with Crippen molar-refractivity contribution in [2.24, 2.45) is 17.8 Å². The van der Waals surface area contributed by atoms with Crippen molar-refractivity contribution in [1.82, 2.24) is 0 Å². The van der Waals surface area contributed by atoms with E-state index in [2.05, 4.69) is 9.37 Å². The number of hydrogen-bond donors (Lipinski definition) is 0. The van der Waals surface area contributed by atoms with Crippen LogP contribution in [0.3, 0.4) is 0 Å². The monoisotopic (exact) mass is 361 g/mol. The van der Waals surface area contributed by atoms with Crippen molar-refractivity contribution in [1.29, 1.82) is 0 Å². The van der Waals surface area contributed by atoms with Gasteiger partial charge in [-0.05, 0) is 12.3 Å². The van der Waals surface area contributed by atoms with Crippen molar-refractivity contribution in [2.75, 3.05) is 0 Å². The van der Waals surface area contributed by atoms with Crippen molar-refractivity contribution >= 4 is 28.1 Å². The second-order valence-corrected chi connectivity index (χ2v) is 8.08. The van der Waals surface area contributed by atoms with E-state index in [0.717, 1.165) is 0 Å². The Morgan fingerprint density at radius 3 is 2.73 bits per heavy atom. The minimum Gasteiger partial charge on any atom is -0.691 e. The molecule has 0 aromatic rings. The molecule has 3 rings (SSSR count). The van der Waals surface area contributed by atoms with Crippen LogP contribution in [0.1, 0.15) is 13.3 Å². The standard InChI is InChI=1S/C10H12F2O8S2/c1-3-4-2-5-7(18-22(15,16)8(3)5)6(4)17-9(13)10(11,12)21-20-19-14/h3-8,14H,2H2,1H3/p-1. The summed E-state index contributed by atoms with van der Waals surface area (Å²) in [6.45, 7) is 1.67. The fraction of sp³-hybridized carbons (Fsp3) is 0.900. The number of esters is 1. The lowest BCUT2D eigenvalue weighted by atomic mass is 9.86. The maximum Gasteiger partial charge on any atom is 0.415 e. The van der Waals surface area contributed by atoms with Crippen LogP contribution < -0.4 is 5.26 Å². The van der Waals surface area contributed by atoms with Crippen molar-refractivity contribution in [3.63, 3.8) is 0 Å². The van der Waals surface area contributed by atoms with Gasteiger partial charge in [-0.2, -0.15) is 21.5 Å². The third kappa shape index (κ3) is 2.32. The summed E-state index contributed by atoms with van der Waals surface area (Å²) in [4.78, 5) is 11.5. The molecule has 0 N–H and O–H groups in total. The van der Waals surface area contributed by atoms with Crippen molar-refractivity contribution < 1.29 is 45.5 Å². The lowest BCUT2D eigenvalue weighted by Crippen LogP contribution is -2.44. The Morgan fingerprint density at radius 1 is 1.41 bits per heavy atom. The van der Waals surface area contributed by atoms with E-state index in [1.54, 1.807) is 6.92 Å². The summed E-state index contributed by atoms with van der Waals surface area (Å²) in [6, 6.07) is 0. The molecule has 1 aliphatic heterocycles. The Bertz CT molecular complexity index is 581. The lowest BCUT2D eigenvalue weighted by molar-refractivity contribution is -0.777. The Labute approximate surface area is 128 Å². The number of fused-ring (bicyclic) bond motifs is 1. The van der Waals surface area contributed by atoms with Crippen molar-refractivity contribution in [3.05, 3.63) is 0 Å². The summed E-state index contributed by atoms with van der Waals surface area (Å²) in [5.74, 6) is -3.01. The van der Waals surface area contributed by atoms with Crippen LogP contribution in [-0.4, -0.2) is 37.1 Å². The molecule has 126 valence electrons. The smallest absolute Gasteiger partial charge is 0.415 e. The van der Waals surface area contributed by atoms with Crippen molar-refractivity contribution in [3.8, 4) is 0 Å². The highest BCUT2D eigenvalue weighted by Gasteiger charge is 2.69. The van der Waals surface area contributed by atoms with Gasteiger partial charge in [-0.15, -0.1) is 0 Å². The Hall–Kier alpha value is -0.530. The highest BCUT2D eigenvalue weighted by Crippen LogP contribution is 2.58. The number of carbonyl (C=O) groups excluding carboxylic acids is 1. The van der Waals surface area contributed by atoms with E-state index in [1.165, 1.54) is 0 Å². The zero-order chi connectivity index (χ0) is 16.3. The number of carbonyl (C=O) groups is 1. The molecule has 1 saturated heterocycles. The third-order valence-corrected chi connectivity index (χ3v) is 6.99. The van der Waals surface area contributed by atoms with Gasteiger partial charge in [0.25, 0.3) is 10.1 Å². The number of ether oxygens (including phenoxy) is 1. The van der Waals surface area contributed by atoms with Crippen LogP contribution in [0.4, 0.5) is 8.78 Å². The van der Waals surface area contributed by atoms with Crippen LogP contribution in [0.25, 0.3) is 0 Å². The zero-order valence-corrected chi connectivity index (χ0v) is 12.6. The normalized spacial score (nSPS) is 41.8. The van der Waals surface area contributed by atoms with Crippen molar-refractivity contribution in [2.45, 2.75) is 36.1 Å². The minimum absolute atomic E-state index is 0.353. The van der Waals surface area contributed by atoms with Gasteiger partial charge in [0.05, 0.1) is 5.25 Å². The minimum atomic E-state index is -4.16. The fourth-order valence-corrected chi connectivity index (χ4v) is 6.14. The van der Waals surface area contributed by atoms with E-state index < -0.39 is 50.8 Å². The molecule has 0 spiro atoms. The summed E-state index contributed by atoms with van der Waals surface area (Å²) >= 11 is -0.792. The van der Waals surface area contributed by atoms with Gasteiger partial charge in [0.1, 0.15) is 24.3 Å². The summed E-state index contributed by atoms with van der Waals surface area (Å²) in [5, 5.41) is 7.48. The van der Waals surface area contributed by atoms with E-state index in [4.69, 9.17) is 8.92 Å². The van der Waals surface area contributed by atoms with Crippen LogP contribution in [0.5, 0.6) is 0 Å². The van der Waals surface area contributed by atoms with Gasteiger partial charge in [-0.1, -0.05) is 6.92 Å². The van der Waals surface area contributed by atoms with E-state index in [9.17, 15) is 27.3 Å². The Balaban J connectivity index is 1.74. The summed E-state index contributed by atoms with van der Waals surface area (Å²) in [7, 11) is -3.77. The van der Waals surface area contributed by atoms with Gasteiger partial charge < -0.3 is 9.99 Å². The molecule has 12 heteroatoms. The van der Waals surface area contributed by atoms with Gasteiger partial charge in [0.2, 0.25) is 0 Å². The average molecular weight is 361 g/mol. The third-order valence-electron chi connectivity index (χ3n) is 4.55. The first kappa shape index (κ1) is 16.3. The molecular formula is C10H11F2O8S2-. The lowest BCUT2D eigenvalue weighted by Gasteiger charge is -2.30. The van der Waals surface area contributed by atoms with E-state index in [0.29, 0.717) is 6.42 Å². The molecule has 8 nitrogen and oxygen atoms in total. The quantitative estimate of drug-likeness (QED) is 0.215. The number of rotatable bonds is 5. The molecule has 3 aliphatic rings. The summed E-state index contributed by atoms with van der Waals surface area (Å²) in [6.07, 6.45) is -1.56. The maximum atomic E-state index is 13.4. The summed E-state index contributed by atoms with van der Waals surface area (Å²) < 4.78 is 63.7. The van der Waals surface area contributed by atoms with Gasteiger partial charge in [0, 0.05) is 11.8 Å². The molecule has 0 aromatic heterocycles. The first-order chi connectivity index (χ1) is 10.2. The van der Waals surface area contributed by atoms with Crippen LogP contribution in [0.15, 0.2) is 0 Å². The van der Waals surface area contributed by atoms with E-state index in [1.807, 2.05) is 0 Å². The van der Waals surface area contributed by atoms with Gasteiger partial charge >= 0.3 is 11.2 Å². The van der Waals surface area contributed by atoms with Gasteiger partial charge in [-0.25, -0.2) is 4.79 Å². The Kier molecular flexibility index (Phi) is 3.89. The predicted octanol–water partition coefficient (Wildman–Crippen LogP) is -0.254. The molecule has 3 fully saturated rings. The summed E-state index contributed by atoms with van der Waals surface area (Å²) in [5.41, 5.74) is 0. The highest BCUT2D eigenvalue weighted by molar-refractivity contribution is 7.96. The molecule has 2 bridgehead atoms. The van der Waals surface area contributed by atoms with Gasteiger partial charge in [-0.3, -0.25) is 9.22 Å². The zero-order valence-electron chi connectivity index (χ0n) is 11.0. The predicted molar refractivity (Wildman–Crippen MR) is 62.9 cm³/mol. The second kappa shape index (κ2) is 5.24. The molecule has 0 amide bonds. The molecule has 22 heavy (non-hydrogen) atoms. The molecule has 2 aliphatic carbocycles. The second-order valence-electron chi connectivity index (χ2n) is 5.55. The molecule has 6 atom stereocenters. The fourth-order valence-electron chi connectivity index (χ4n) is 3.80. The molecule has 1 heterocycles. The van der Waals surface area contributed by atoms with E-state index in [-0.39, 0.29) is 17.8 Å². The van der Waals surface area contributed by atoms with Crippen LogP contribution >= 0.6 is 12.0 Å². The first-order valence-corrected chi connectivity index (χ1v) is 8.55. The van der Waals surface area contributed by atoms with Crippen LogP contribution in [-0.2, 0) is 33.2 Å². The van der Waals surface area contributed by atoms with E-state index >= 15 is 0 Å².